The summed E-state index contributed by atoms with van der Waals surface area (Å²) >= 11 is 6.12. The minimum Gasteiger partial charge on any atom is -0.314 e. The summed E-state index contributed by atoms with van der Waals surface area (Å²) in [6.07, 6.45) is 6.43. The van der Waals surface area contributed by atoms with E-state index in [1.54, 1.807) is 6.07 Å². The molecule has 3 rings (SSSR count). The van der Waals surface area contributed by atoms with Gasteiger partial charge in [0.2, 0.25) is 0 Å². The van der Waals surface area contributed by atoms with Gasteiger partial charge in [0.05, 0.1) is 5.02 Å². The molecule has 1 aromatic carbocycles. The average molecular weight is 297 g/mol. The van der Waals surface area contributed by atoms with Crippen LogP contribution in [0.15, 0.2) is 18.2 Å². The highest BCUT2D eigenvalue weighted by atomic mass is 35.5. The van der Waals surface area contributed by atoms with Crippen molar-refractivity contribution in [3.8, 4) is 0 Å². The normalized spacial score (nSPS) is 23.1. The number of benzene rings is 1. The number of rotatable bonds is 2. The van der Waals surface area contributed by atoms with E-state index >= 15 is 0 Å². The Morgan fingerprint density at radius 2 is 2.05 bits per heavy atom. The van der Waals surface area contributed by atoms with Gasteiger partial charge in [0.1, 0.15) is 5.82 Å². The van der Waals surface area contributed by atoms with Crippen LogP contribution in [0.3, 0.4) is 0 Å². The first-order valence-corrected chi connectivity index (χ1v) is 7.98. The summed E-state index contributed by atoms with van der Waals surface area (Å²) in [6, 6.07) is 5.14. The van der Waals surface area contributed by atoms with Gasteiger partial charge < -0.3 is 5.32 Å². The van der Waals surface area contributed by atoms with Gasteiger partial charge >= 0.3 is 0 Å². The van der Waals surface area contributed by atoms with Crippen molar-refractivity contribution in [1.29, 1.82) is 0 Å². The van der Waals surface area contributed by atoms with Gasteiger partial charge in [0, 0.05) is 31.7 Å². The lowest BCUT2D eigenvalue weighted by atomic mass is 9.79. The highest BCUT2D eigenvalue weighted by Gasteiger charge is 2.39. The van der Waals surface area contributed by atoms with Crippen LogP contribution >= 0.6 is 11.6 Å². The SMILES string of the molecule is Fc1cccc(CN2CCNCC23CCCCC3)c1Cl. The van der Waals surface area contributed by atoms with Crippen LogP contribution < -0.4 is 5.32 Å². The van der Waals surface area contributed by atoms with E-state index < -0.39 is 0 Å². The molecule has 1 aromatic rings. The molecule has 0 amide bonds. The molecule has 1 spiro atoms. The Labute approximate surface area is 125 Å². The maximum Gasteiger partial charge on any atom is 0.142 e. The van der Waals surface area contributed by atoms with E-state index in [0.717, 1.165) is 31.7 Å². The molecule has 1 saturated heterocycles. The Morgan fingerprint density at radius 1 is 1.25 bits per heavy atom. The fraction of sp³-hybridized carbons (Fsp3) is 0.625. The van der Waals surface area contributed by atoms with Gasteiger partial charge in [0.25, 0.3) is 0 Å². The molecular formula is C16H22ClFN2. The third-order valence-electron chi connectivity index (χ3n) is 4.86. The van der Waals surface area contributed by atoms with Crippen molar-refractivity contribution >= 4 is 11.6 Å². The van der Waals surface area contributed by atoms with Gasteiger partial charge in [-0.25, -0.2) is 4.39 Å². The van der Waals surface area contributed by atoms with Gasteiger partial charge in [-0.3, -0.25) is 4.90 Å². The Morgan fingerprint density at radius 3 is 2.85 bits per heavy atom. The number of hydrogen-bond donors (Lipinski definition) is 1. The summed E-state index contributed by atoms with van der Waals surface area (Å²) < 4.78 is 13.6. The second-order valence-electron chi connectivity index (χ2n) is 6.10. The molecule has 0 unspecified atom stereocenters. The van der Waals surface area contributed by atoms with Gasteiger partial charge in [-0.1, -0.05) is 43.0 Å². The molecule has 0 atom stereocenters. The van der Waals surface area contributed by atoms with E-state index in [0.29, 0.717) is 0 Å². The van der Waals surface area contributed by atoms with E-state index in [-0.39, 0.29) is 16.4 Å². The van der Waals surface area contributed by atoms with Crippen molar-refractivity contribution in [3.05, 3.63) is 34.6 Å². The van der Waals surface area contributed by atoms with E-state index in [4.69, 9.17) is 11.6 Å². The summed E-state index contributed by atoms with van der Waals surface area (Å²) in [4.78, 5) is 2.53. The summed E-state index contributed by atoms with van der Waals surface area (Å²) in [6.45, 7) is 3.85. The van der Waals surface area contributed by atoms with Gasteiger partial charge in [-0.2, -0.15) is 0 Å². The predicted octanol–water partition coefficient (Wildman–Crippen LogP) is 3.59. The lowest BCUT2D eigenvalue weighted by Gasteiger charge is -2.50. The number of nitrogens with one attached hydrogen (secondary N) is 1. The lowest BCUT2D eigenvalue weighted by Crippen LogP contribution is -2.61. The highest BCUT2D eigenvalue weighted by Crippen LogP contribution is 2.36. The van der Waals surface area contributed by atoms with Crippen molar-refractivity contribution in [1.82, 2.24) is 10.2 Å². The molecule has 20 heavy (non-hydrogen) atoms. The zero-order valence-corrected chi connectivity index (χ0v) is 12.6. The molecule has 0 bridgehead atoms. The number of nitrogens with zero attached hydrogens (tertiary/aromatic N) is 1. The van der Waals surface area contributed by atoms with E-state index in [1.165, 1.54) is 38.2 Å². The molecule has 1 aliphatic heterocycles. The first-order chi connectivity index (χ1) is 9.71. The number of piperazine rings is 1. The van der Waals surface area contributed by atoms with Crippen LogP contribution in [0.5, 0.6) is 0 Å². The molecule has 0 radical (unpaired) electrons. The maximum absolute atomic E-state index is 13.6. The molecule has 1 saturated carbocycles. The Kier molecular flexibility index (Phi) is 4.29. The molecule has 1 heterocycles. The Bertz CT molecular complexity index is 463. The molecule has 2 aliphatic rings. The molecule has 4 heteroatoms. The van der Waals surface area contributed by atoms with E-state index in [1.807, 2.05) is 6.07 Å². The maximum atomic E-state index is 13.6. The third kappa shape index (κ3) is 2.72. The fourth-order valence-electron chi connectivity index (χ4n) is 3.71. The quantitative estimate of drug-likeness (QED) is 0.897. The smallest absolute Gasteiger partial charge is 0.142 e. The monoisotopic (exact) mass is 296 g/mol. The Hall–Kier alpha value is -0.640. The van der Waals surface area contributed by atoms with Gasteiger partial charge in [0.15, 0.2) is 0 Å². The summed E-state index contributed by atoms with van der Waals surface area (Å²) in [7, 11) is 0. The van der Waals surface area contributed by atoms with Gasteiger partial charge in [-0.05, 0) is 24.5 Å². The fourth-order valence-corrected chi connectivity index (χ4v) is 3.90. The van der Waals surface area contributed by atoms with Crippen molar-refractivity contribution in [3.63, 3.8) is 0 Å². The number of halogens is 2. The zero-order valence-electron chi connectivity index (χ0n) is 11.8. The minimum absolute atomic E-state index is 0.256. The van der Waals surface area contributed by atoms with Gasteiger partial charge in [-0.15, -0.1) is 0 Å². The average Bonchev–Trinajstić information content (AvgIpc) is 2.47. The van der Waals surface area contributed by atoms with Crippen molar-refractivity contribution in [2.45, 2.75) is 44.2 Å². The summed E-state index contributed by atoms with van der Waals surface area (Å²) in [5.41, 5.74) is 1.17. The van der Waals surface area contributed by atoms with Crippen LogP contribution in [0.2, 0.25) is 5.02 Å². The van der Waals surface area contributed by atoms with Crippen molar-refractivity contribution in [2.75, 3.05) is 19.6 Å². The van der Waals surface area contributed by atoms with Crippen LogP contribution in [0, 0.1) is 5.82 Å². The standard InChI is InChI=1S/C16H22ClFN2/c17-15-13(5-4-6-14(15)18)11-20-10-9-19-12-16(20)7-2-1-3-8-16/h4-6,19H,1-3,7-12H2. The van der Waals surface area contributed by atoms with Crippen LogP contribution in [0.1, 0.15) is 37.7 Å². The van der Waals surface area contributed by atoms with Crippen LogP contribution in [-0.4, -0.2) is 30.1 Å². The first kappa shape index (κ1) is 14.3. The van der Waals surface area contributed by atoms with E-state index in [9.17, 15) is 4.39 Å². The lowest BCUT2D eigenvalue weighted by molar-refractivity contribution is 0.0208. The number of hydrogen-bond acceptors (Lipinski definition) is 2. The molecule has 1 N–H and O–H groups in total. The molecule has 2 fully saturated rings. The summed E-state index contributed by atoms with van der Waals surface area (Å²) in [5, 5.41) is 3.83. The third-order valence-corrected chi connectivity index (χ3v) is 5.28. The molecule has 110 valence electrons. The summed E-state index contributed by atoms with van der Waals surface area (Å²) in [5.74, 6) is -0.308. The zero-order chi connectivity index (χ0) is 14.0. The van der Waals surface area contributed by atoms with Crippen LogP contribution in [0.4, 0.5) is 4.39 Å². The Balaban J connectivity index is 1.81. The second kappa shape index (κ2) is 6.00. The second-order valence-corrected chi connectivity index (χ2v) is 6.47. The van der Waals surface area contributed by atoms with Crippen molar-refractivity contribution < 1.29 is 4.39 Å². The molecule has 2 nitrogen and oxygen atoms in total. The first-order valence-electron chi connectivity index (χ1n) is 7.60. The van der Waals surface area contributed by atoms with Crippen molar-refractivity contribution in [2.24, 2.45) is 0 Å². The van der Waals surface area contributed by atoms with E-state index in [2.05, 4.69) is 10.2 Å². The largest absolute Gasteiger partial charge is 0.314 e. The highest BCUT2D eigenvalue weighted by molar-refractivity contribution is 6.31. The minimum atomic E-state index is -0.308. The topological polar surface area (TPSA) is 15.3 Å². The van der Waals surface area contributed by atoms with Crippen LogP contribution in [-0.2, 0) is 6.54 Å². The molecule has 1 aliphatic carbocycles. The van der Waals surface area contributed by atoms with Crippen LogP contribution in [0.25, 0.3) is 0 Å². The molecule has 0 aromatic heterocycles. The molecular weight excluding hydrogens is 275 g/mol. The predicted molar refractivity (Wildman–Crippen MR) is 80.5 cm³/mol.